The van der Waals surface area contributed by atoms with Gasteiger partial charge in [0.1, 0.15) is 0 Å². The minimum Gasteiger partial charge on any atom is -0.508 e. The molecule has 280 valence electrons. The molecule has 5 nitrogen and oxygen atoms in total. The van der Waals surface area contributed by atoms with Crippen LogP contribution in [0.25, 0.3) is 22.0 Å². The van der Waals surface area contributed by atoms with Crippen molar-refractivity contribution in [1.82, 2.24) is 9.88 Å². The Morgan fingerprint density at radius 2 is 1.50 bits per heavy atom. The predicted molar refractivity (Wildman–Crippen MR) is 213 cm³/mol. The van der Waals surface area contributed by atoms with Gasteiger partial charge in [-0.15, -0.1) is 41.6 Å². The monoisotopic (exact) mass is 879 g/mol. The Hall–Kier alpha value is -3.02. The van der Waals surface area contributed by atoms with Gasteiger partial charge in [-0.2, -0.15) is 37.0 Å². The van der Waals surface area contributed by atoms with Crippen molar-refractivity contribution >= 4 is 16.5 Å². The molecule has 0 bridgehead atoms. The molecule has 2 N–H and O–H groups in total. The molecule has 3 aliphatic rings. The van der Waals surface area contributed by atoms with Crippen molar-refractivity contribution in [3.05, 3.63) is 115 Å². The molecule has 1 aliphatic heterocycles. The molecular weight excluding hydrogens is 819 g/mol. The summed E-state index contributed by atoms with van der Waals surface area (Å²) in [6.07, 6.45) is 13.3. The van der Waals surface area contributed by atoms with Gasteiger partial charge in [-0.25, -0.2) is 0 Å². The Bertz CT molecular complexity index is 1700. The normalized spacial score (nSPS) is 20.1. The molecule has 0 saturated heterocycles. The number of allylic oxidation sites excluding steroid dienone is 1. The molecule has 4 aromatic rings. The van der Waals surface area contributed by atoms with E-state index in [0.717, 1.165) is 16.9 Å². The Morgan fingerprint density at radius 1 is 0.865 bits per heavy atom. The Balaban J connectivity index is 0.000000237. The van der Waals surface area contributed by atoms with Gasteiger partial charge in [-0.1, -0.05) is 45.9 Å². The first-order chi connectivity index (χ1) is 24.1. The summed E-state index contributed by atoms with van der Waals surface area (Å²) in [5, 5.41) is 19.7. The van der Waals surface area contributed by atoms with Crippen molar-refractivity contribution in [2.24, 2.45) is 16.2 Å². The van der Waals surface area contributed by atoms with Crippen LogP contribution in [-0.2, 0) is 20.1 Å². The maximum absolute atomic E-state index is 8.56. The number of pyridine rings is 1. The third-order valence-corrected chi connectivity index (χ3v) is 10.8. The molecule has 0 radical (unpaired) electrons. The zero-order valence-electron chi connectivity index (χ0n) is 32.6. The molecule has 3 aromatic carbocycles. The molecule has 1 spiro atoms. The van der Waals surface area contributed by atoms with Crippen LogP contribution in [0.2, 0.25) is 0 Å². The quantitative estimate of drug-likeness (QED) is 0.196. The topological polar surface area (TPSA) is 59.8 Å². The Kier molecular flexibility index (Phi) is 14.3. The van der Waals surface area contributed by atoms with E-state index in [1.54, 1.807) is 13.8 Å². The van der Waals surface area contributed by atoms with Gasteiger partial charge >= 0.3 is 20.1 Å². The number of aromatic nitrogens is 1. The number of anilines is 1. The van der Waals surface area contributed by atoms with Crippen LogP contribution in [0, 0.1) is 35.0 Å². The third kappa shape index (κ3) is 11.2. The fourth-order valence-corrected chi connectivity index (χ4v) is 9.40. The molecule has 0 amide bonds. The van der Waals surface area contributed by atoms with Gasteiger partial charge in [0.05, 0.1) is 12.2 Å². The van der Waals surface area contributed by atoms with Crippen molar-refractivity contribution in [3.63, 3.8) is 0 Å². The van der Waals surface area contributed by atoms with Gasteiger partial charge in [0, 0.05) is 6.20 Å². The van der Waals surface area contributed by atoms with E-state index in [9.17, 15) is 0 Å². The first-order valence-electron chi connectivity index (χ1n) is 18.9. The molecular formula is C46H60IrN3O2. The van der Waals surface area contributed by atoms with Crippen LogP contribution in [0.1, 0.15) is 111 Å². The summed E-state index contributed by atoms with van der Waals surface area (Å²) in [5.74, 6) is 0.677. The van der Waals surface area contributed by atoms with E-state index in [0.29, 0.717) is 28.6 Å². The van der Waals surface area contributed by atoms with E-state index >= 15 is 0 Å². The SMILES string of the molecule is CC(O)CC(C)O.CC1(C)CC(C)(C)CC2(CCC(c3ccc4ccnc(-c5[c-]cccc5)c4c3)CC2)C1.CC1=CN(c2[c-]cccc2)[CH-]N1C.[Ir+3]. The molecule has 2 unspecified atom stereocenters. The average Bonchev–Trinajstić information content (AvgIpc) is 3.41. The largest absolute Gasteiger partial charge is 3.00 e. The number of benzene rings is 3. The molecule has 2 saturated carbocycles. The number of aliphatic hydroxyl groups excluding tert-OH is 2. The Morgan fingerprint density at radius 3 is 2.02 bits per heavy atom. The zero-order valence-corrected chi connectivity index (χ0v) is 35.0. The van der Waals surface area contributed by atoms with Crippen LogP contribution < -0.4 is 4.90 Å². The molecule has 2 fully saturated rings. The van der Waals surface area contributed by atoms with Gasteiger partial charge in [0.25, 0.3) is 0 Å². The van der Waals surface area contributed by atoms with Crippen molar-refractivity contribution in [3.8, 4) is 11.3 Å². The number of hydrogen-bond donors (Lipinski definition) is 2. The number of aliphatic hydroxyl groups is 2. The Labute approximate surface area is 327 Å². The van der Waals surface area contributed by atoms with E-state index in [1.165, 1.54) is 67.0 Å². The van der Waals surface area contributed by atoms with E-state index in [1.807, 2.05) is 56.3 Å². The molecule has 6 heteroatoms. The fraction of sp³-hybridized carbons (Fsp3) is 0.478. The molecule has 2 atom stereocenters. The first kappa shape index (κ1) is 41.7. The van der Waals surface area contributed by atoms with E-state index in [2.05, 4.69) is 99.1 Å². The molecule has 2 aliphatic carbocycles. The van der Waals surface area contributed by atoms with Crippen LogP contribution in [0.4, 0.5) is 5.69 Å². The average molecular weight is 879 g/mol. The van der Waals surface area contributed by atoms with Gasteiger partial charge in [-0.05, 0) is 141 Å². The van der Waals surface area contributed by atoms with Crippen LogP contribution in [0.15, 0.2) is 90.9 Å². The maximum Gasteiger partial charge on any atom is 3.00 e. The summed E-state index contributed by atoms with van der Waals surface area (Å²) >= 11 is 0. The number of para-hydroxylation sites is 1. The van der Waals surface area contributed by atoms with Crippen LogP contribution in [-0.4, -0.2) is 39.4 Å². The minimum absolute atomic E-state index is 0. The molecule has 2 heterocycles. The van der Waals surface area contributed by atoms with E-state index in [4.69, 9.17) is 15.2 Å². The van der Waals surface area contributed by atoms with Crippen LogP contribution in [0.3, 0.4) is 0 Å². The summed E-state index contributed by atoms with van der Waals surface area (Å²) in [4.78, 5) is 8.88. The summed E-state index contributed by atoms with van der Waals surface area (Å²) in [6, 6.07) is 31.9. The first-order valence-corrected chi connectivity index (χ1v) is 18.9. The third-order valence-electron chi connectivity index (χ3n) is 10.8. The molecule has 7 rings (SSSR count). The molecule has 1 aromatic heterocycles. The van der Waals surface area contributed by atoms with Gasteiger partial charge < -0.3 is 25.0 Å². The minimum atomic E-state index is -0.375. The smallest absolute Gasteiger partial charge is 0.508 e. The van der Waals surface area contributed by atoms with E-state index in [-0.39, 0.29) is 32.3 Å². The fourth-order valence-electron chi connectivity index (χ4n) is 9.40. The summed E-state index contributed by atoms with van der Waals surface area (Å²) in [6.45, 7) is 17.4. The van der Waals surface area contributed by atoms with Gasteiger partial charge in [0.2, 0.25) is 0 Å². The van der Waals surface area contributed by atoms with Crippen molar-refractivity contribution in [1.29, 1.82) is 0 Å². The summed E-state index contributed by atoms with van der Waals surface area (Å²) in [5.41, 5.74) is 7.46. The number of hydrogen-bond acceptors (Lipinski definition) is 5. The predicted octanol–water partition coefficient (Wildman–Crippen LogP) is 10.9. The zero-order chi connectivity index (χ0) is 36.8. The second-order valence-corrected chi connectivity index (χ2v) is 17.1. The van der Waals surface area contributed by atoms with Crippen molar-refractivity contribution < 1.29 is 30.3 Å². The molecule has 52 heavy (non-hydrogen) atoms. The van der Waals surface area contributed by atoms with Crippen LogP contribution >= 0.6 is 0 Å². The van der Waals surface area contributed by atoms with Gasteiger partial charge in [-0.3, -0.25) is 0 Å². The summed E-state index contributed by atoms with van der Waals surface area (Å²) < 4.78 is 0. The van der Waals surface area contributed by atoms with Crippen LogP contribution in [0.5, 0.6) is 0 Å². The standard InChI is InChI=1S/C30H36N.C11H12N2.C5H12O2.Ir/c1-28(2)19-29(3,4)21-30(20-28)15-12-22(13-16-30)25-11-10-23-14-17-31-27(26(23)18-25)24-8-6-5-7-9-24;1-10-8-13(9-12(10)2)11-6-4-3-5-7-11;1-4(6)3-5(2)7;/h5-8,10-11,14,17-18,22H,12-13,15-16,19-21H2,1-4H3;3-6,8-9H,1-2H3;4-7H,3H2,1-2H3;/q-1;-2;;+3. The van der Waals surface area contributed by atoms with Crippen molar-refractivity contribution in [2.45, 2.75) is 118 Å². The van der Waals surface area contributed by atoms with Crippen molar-refractivity contribution in [2.75, 3.05) is 11.9 Å². The maximum atomic E-state index is 8.56. The number of fused-ring (bicyclic) bond motifs is 1. The second kappa shape index (κ2) is 17.9. The second-order valence-electron chi connectivity index (χ2n) is 17.1. The number of rotatable bonds is 5. The number of nitrogens with zero attached hydrogens (tertiary/aromatic N) is 3. The van der Waals surface area contributed by atoms with Gasteiger partial charge in [0.15, 0.2) is 0 Å². The van der Waals surface area contributed by atoms with E-state index < -0.39 is 0 Å². The summed E-state index contributed by atoms with van der Waals surface area (Å²) in [7, 11) is 2.04.